The maximum absolute atomic E-state index is 8.78. The maximum Gasteiger partial charge on any atom is 0.101 e. The number of rotatable bonds is 1. The molecule has 0 fully saturated rings. The molecule has 0 aliphatic carbocycles. The first kappa shape index (κ1) is 10.1. The van der Waals surface area contributed by atoms with Crippen molar-refractivity contribution < 1.29 is 0 Å². The van der Waals surface area contributed by atoms with Gasteiger partial charge in [-0.25, -0.2) is 0 Å². The van der Waals surface area contributed by atoms with Crippen LogP contribution >= 0.6 is 0 Å². The van der Waals surface area contributed by atoms with Gasteiger partial charge in [-0.1, -0.05) is 0 Å². The number of hydrogen-bond donors (Lipinski definition) is 1. The third-order valence-electron chi connectivity index (χ3n) is 2.19. The molecule has 2 heterocycles. The molecule has 2 aromatic rings. The molecule has 0 saturated heterocycles. The van der Waals surface area contributed by atoms with Crippen molar-refractivity contribution in [1.82, 2.24) is 9.97 Å². The van der Waals surface area contributed by atoms with E-state index in [1.54, 1.807) is 18.5 Å². The number of nitriles is 1. The average Bonchev–Trinajstić information content (AvgIpc) is 2.29. The first-order valence-electron chi connectivity index (χ1n) is 4.78. The fourth-order valence-corrected chi connectivity index (χ4v) is 1.46. The van der Waals surface area contributed by atoms with Crippen molar-refractivity contribution in [1.29, 1.82) is 5.26 Å². The van der Waals surface area contributed by atoms with Gasteiger partial charge < -0.3 is 5.73 Å². The topological polar surface area (TPSA) is 75.6 Å². The highest BCUT2D eigenvalue weighted by Crippen LogP contribution is 2.23. The lowest BCUT2D eigenvalue weighted by Gasteiger charge is -2.05. The van der Waals surface area contributed by atoms with Gasteiger partial charge in [-0.3, -0.25) is 9.97 Å². The smallest absolute Gasteiger partial charge is 0.101 e. The summed E-state index contributed by atoms with van der Waals surface area (Å²) in [6.45, 7) is 1.93. The first-order valence-corrected chi connectivity index (χ1v) is 4.78. The Balaban J connectivity index is 2.55. The summed E-state index contributed by atoms with van der Waals surface area (Å²) in [6, 6.07) is 5.61. The van der Waals surface area contributed by atoms with Gasteiger partial charge in [0.1, 0.15) is 6.07 Å². The van der Waals surface area contributed by atoms with Crippen LogP contribution in [-0.4, -0.2) is 9.97 Å². The van der Waals surface area contributed by atoms with Crippen LogP contribution in [0.15, 0.2) is 30.7 Å². The van der Waals surface area contributed by atoms with Gasteiger partial charge in [-0.2, -0.15) is 5.26 Å². The Bertz CT molecular complexity index is 569. The highest BCUT2D eigenvalue weighted by atomic mass is 14.7. The van der Waals surface area contributed by atoms with E-state index in [1.165, 1.54) is 6.20 Å². The van der Waals surface area contributed by atoms with E-state index in [4.69, 9.17) is 11.0 Å². The van der Waals surface area contributed by atoms with Crippen LogP contribution in [0.2, 0.25) is 0 Å². The summed E-state index contributed by atoms with van der Waals surface area (Å²) in [7, 11) is 0. The summed E-state index contributed by atoms with van der Waals surface area (Å²) < 4.78 is 0. The van der Waals surface area contributed by atoms with Gasteiger partial charge in [0.05, 0.1) is 16.9 Å². The lowest BCUT2D eigenvalue weighted by atomic mass is 10.1. The monoisotopic (exact) mass is 210 g/mol. The van der Waals surface area contributed by atoms with Gasteiger partial charge in [0.25, 0.3) is 0 Å². The van der Waals surface area contributed by atoms with Crippen molar-refractivity contribution >= 4 is 5.69 Å². The molecular weight excluding hydrogens is 200 g/mol. The molecule has 0 amide bonds. The minimum absolute atomic E-state index is 0.499. The molecule has 2 aromatic heterocycles. The van der Waals surface area contributed by atoms with E-state index in [1.807, 2.05) is 19.1 Å². The van der Waals surface area contributed by atoms with Crippen LogP contribution in [0.4, 0.5) is 5.69 Å². The summed E-state index contributed by atoms with van der Waals surface area (Å²) in [5.74, 6) is 0. The Morgan fingerprint density at radius 3 is 2.75 bits per heavy atom. The van der Waals surface area contributed by atoms with Crippen LogP contribution in [0.25, 0.3) is 11.3 Å². The summed E-state index contributed by atoms with van der Waals surface area (Å²) in [6.07, 6.45) is 4.90. The number of nitrogen functional groups attached to an aromatic ring is 1. The molecule has 0 aromatic carbocycles. The Morgan fingerprint density at radius 2 is 2.06 bits per heavy atom. The van der Waals surface area contributed by atoms with E-state index in [0.717, 1.165) is 11.1 Å². The first-order chi connectivity index (χ1) is 7.70. The molecule has 0 aliphatic rings. The number of nitrogens with two attached hydrogens (primary N) is 1. The normalized spacial score (nSPS) is 9.75. The number of aryl methyl sites for hydroxylation is 1. The fourth-order valence-electron chi connectivity index (χ4n) is 1.46. The highest BCUT2D eigenvalue weighted by molar-refractivity contribution is 5.72. The lowest BCUT2D eigenvalue weighted by Crippen LogP contribution is -1.95. The predicted molar refractivity (Wildman–Crippen MR) is 61.3 cm³/mol. The zero-order valence-electron chi connectivity index (χ0n) is 8.81. The molecular formula is C12H10N4. The fraction of sp³-hybridized carbons (Fsp3) is 0.0833. The Hall–Kier alpha value is -2.41. The predicted octanol–water partition coefficient (Wildman–Crippen LogP) is 1.91. The van der Waals surface area contributed by atoms with Crippen LogP contribution in [0.5, 0.6) is 0 Å². The van der Waals surface area contributed by atoms with Crippen LogP contribution in [-0.2, 0) is 0 Å². The number of nitrogens with zero attached hydrogens (tertiary/aromatic N) is 3. The average molecular weight is 210 g/mol. The van der Waals surface area contributed by atoms with Gasteiger partial charge in [-0.15, -0.1) is 0 Å². The van der Waals surface area contributed by atoms with E-state index in [2.05, 4.69) is 9.97 Å². The summed E-state index contributed by atoms with van der Waals surface area (Å²) in [4.78, 5) is 8.23. The zero-order valence-corrected chi connectivity index (χ0v) is 8.81. The zero-order chi connectivity index (χ0) is 11.5. The molecule has 0 saturated carbocycles. The SMILES string of the molecule is Cc1cnc(-c2cncc(C#N)c2)c(N)c1. The molecule has 0 bridgehead atoms. The van der Waals surface area contributed by atoms with E-state index in [9.17, 15) is 0 Å². The van der Waals surface area contributed by atoms with E-state index in [0.29, 0.717) is 16.9 Å². The highest BCUT2D eigenvalue weighted by Gasteiger charge is 2.05. The molecule has 0 radical (unpaired) electrons. The van der Waals surface area contributed by atoms with Gasteiger partial charge >= 0.3 is 0 Å². The van der Waals surface area contributed by atoms with Crippen molar-refractivity contribution in [2.24, 2.45) is 0 Å². The summed E-state index contributed by atoms with van der Waals surface area (Å²) >= 11 is 0. The molecule has 0 aliphatic heterocycles. The molecule has 0 spiro atoms. The third-order valence-corrected chi connectivity index (χ3v) is 2.19. The van der Waals surface area contributed by atoms with Crippen LogP contribution in [0.1, 0.15) is 11.1 Å². The van der Waals surface area contributed by atoms with E-state index < -0.39 is 0 Å². The third kappa shape index (κ3) is 1.84. The number of aromatic nitrogens is 2. The molecule has 4 heteroatoms. The molecule has 78 valence electrons. The van der Waals surface area contributed by atoms with Crippen molar-refractivity contribution in [3.8, 4) is 17.3 Å². The Morgan fingerprint density at radius 1 is 1.25 bits per heavy atom. The summed E-state index contributed by atoms with van der Waals surface area (Å²) in [5.41, 5.74) is 9.39. The number of anilines is 1. The lowest BCUT2D eigenvalue weighted by molar-refractivity contribution is 1.24. The van der Waals surface area contributed by atoms with Gasteiger partial charge in [0.2, 0.25) is 0 Å². The molecule has 2 N–H and O–H groups in total. The largest absolute Gasteiger partial charge is 0.397 e. The van der Waals surface area contributed by atoms with E-state index >= 15 is 0 Å². The van der Waals surface area contributed by atoms with Crippen molar-refractivity contribution in [2.75, 3.05) is 5.73 Å². The van der Waals surface area contributed by atoms with Crippen LogP contribution < -0.4 is 5.73 Å². The van der Waals surface area contributed by atoms with Crippen molar-refractivity contribution in [3.63, 3.8) is 0 Å². The minimum atomic E-state index is 0.499. The molecule has 0 unspecified atom stereocenters. The standard InChI is InChI=1S/C12H10N4/c1-8-2-11(14)12(16-5-8)10-3-9(4-13)6-15-7-10/h2-3,5-7H,14H2,1H3. The second kappa shape index (κ2) is 3.99. The molecule has 2 rings (SSSR count). The Labute approximate surface area is 93.4 Å². The van der Waals surface area contributed by atoms with Gasteiger partial charge in [-0.05, 0) is 24.6 Å². The summed E-state index contributed by atoms with van der Waals surface area (Å²) in [5, 5.41) is 8.78. The second-order valence-electron chi connectivity index (χ2n) is 3.52. The molecule has 16 heavy (non-hydrogen) atoms. The van der Waals surface area contributed by atoms with Crippen LogP contribution in [0, 0.1) is 18.3 Å². The van der Waals surface area contributed by atoms with Crippen molar-refractivity contribution in [2.45, 2.75) is 6.92 Å². The number of hydrogen-bond acceptors (Lipinski definition) is 4. The Kier molecular flexibility index (Phi) is 2.52. The maximum atomic E-state index is 8.78. The van der Waals surface area contributed by atoms with Gasteiger partial charge in [0, 0.05) is 24.2 Å². The molecule has 0 atom stereocenters. The van der Waals surface area contributed by atoms with Crippen LogP contribution in [0.3, 0.4) is 0 Å². The second-order valence-corrected chi connectivity index (χ2v) is 3.52. The van der Waals surface area contributed by atoms with Gasteiger partial charge in [0.15, 0.2) is 0 Å². The van der Waals surface area contributed by atoms with E-state index in [-0.39, 0.29) is 0 Å². The quantitative estimate of drug-likeness (QED) is 0.780. The molecule has 4 nitrogen and oxygen atoms in total. The minimum Gasteiger partial charge on any atom is -0.397 e. The van der Waals surface area contributed by atoms with Crippen molar-refractivity contribution in [3.05, 3.63) is 41.9 Å². The number of pyridine rings is 2.